The monoisotopic (exact) mass is 306 g/mol. The van der Waals surface area contributed by atoms with Gasteiger partial charge in [-0.25, -0.2) is 17.5 Å². The Kier molecular flexibility index (Phi) is 6.78. The van der Waals surface area contributed by atoms with Crippen molar-refractivity contribution in [3.05, 3.63) is 29.6 Å². The minimum Gasteiger partial charge on any atom is -0.316 e. The number of hydrogen-bond donors (Lipinski definition) is 2. The van der Waals surface area contributed by atoms with Crippen LogP contribution in [0, 0.1) is 5.82 Å². The lowest BCUT2D eigenvalue weighted by atomic mass is 10.2. The Morgan fingerprint density at radius 1 is 1.37 bits per heavy atom. The molecule has 1 aromatic rings. The Morgan fingerprint density at radius 2 is 2.11 bits per heavy atom. The van der Waals surface area contributed by atoms with Crippen LogP contribution in [0.25, 0.3) is 0 Å². The van der Waals surface area contributed by atoms with Gasteiger partial charge in [0.25, 0.3) is 0 Å². The molecule has 0 saturated heterocycles. The molecule has 0 aliphatic heterocycles. The van der Waals surface area contributed by atoms with Gasteiger partial charge in [0.05, 0.1) is 0 Å². The zero-order chi connectivity index (χ0) is 14.3. The lowest BCUT2D eigenvalue weighted by Crippen LogP contribution is -2.26. The number of nitrogens with one attached hydrogen (secondary N) is 2. The summed E-state index contributed by atoms with van der Waals surface area (Å²) in [5, 5.41) is 2.88. The van der Waals surface area contributed by atoms with Crippen LogP contribution < -0.4 is 10.0 Å². The molecule has 19 heavy (non-hydrogen) atoms. The largest absolute Gasteiger partial charge is 0.316 e. The third-order valence-corrected chi connectivity index (χ3v) is 4.68. The van der Waals surface area contributed by atoms with E-state index in [9.17, 15) is 12.8 Å². The van der Waals surface area contributed by atoms with Crippen LogP contribution in [0.1, 0.15) is 12.0 Å². The molecule has 0 saturated carbocycles. The molecule has 0 amide bonds. The molecule has 4 nitrogen and oxygen atoms in total. The van der Waals surface area contributed by atoms with Gasteiger partial charge in [0, 0.05) is 13.1 Å². The fraction of sp³-hybridized carbons (Fsp3) is 0.500. The number of benzene rings is 1. The average molecular weight is 306 g/mol. The van der Waals surface area contributed by atoms with Crippen LogP contribution in [0.5, 0.6) is 0 Å². The molecule has 0 aromatic heterocycles. The van der Waals surface area contributed by atoms with Crippen LogP contribution in [-0.4, -0.2) is 34.0 Å². The second-order valence-electron chi connectivity index (χ2n) is 4.04. The highest BCUT2D eigenvalue weighted by Gasteiger charge is 2.18. The minimum absolute atomic E-state index is 0.295. The highest BCUT2D eigenvalue weighted by Crippen LogP contribution is 2.16. The third kappa shape index (κ3) is 5.10. The van der Waals surface area contributed by atoms with Crippen LogP contribution in [0.4, 0.5) is 4.39 Å². The number of thioether (sulfide) groups is 1. The number of sulfonamides is 1. The quantitative estimate of drug-likeness (QED) is 0.716. The number of hydrogen-bond acceptors (Lipinski definition) is 4. The maximum absolute atomic E-state index is 13.8. The van der Waals surface area contributed by atoms with Crippen molar-refractivity contribution in [2.75, 3.05) is 25.6 Å². The first kappa shape index (κ1) is 16.4. The molecule has 2 N–H and O–H groups in total. The lowest BCUT2D eigenvalue weighted by molar-refractivity contribution is 0.555. The Hall–Kier alpha value is -0.630. The molecule has 0 aliphatic carbocycles. The summed E-state index contributed by atoms with van der Waals surface area (Å²) in [7, 11) is -2.01. The summed E-state index contributed by atoms with van der Waals surface area (Å²) >= 11 is 1.64. The first-order chi connectivity index (χ1) is 9.01. The summed E-state index contributed by atoms with van der Waals surface area (Å²) in [6, 6.07) is 4.15. The van der Waals surface area contributed by atoms with Gasteiger partial charge in [-0.15, -0.1) is 0 Å². The molecule has 0 unspecified atom stereocenters. The summed E-state index contributed by atoms with van der Waals surface area (Å²) in [5.41, 5.74) is 0.710. The molecule has 0 radical (unpaired) electrons. The van der Waals surface area contributed by atoms with Crippen LogP contribution in [0.15, 0.2) is 23.1 Å². The summed E-state index contributed by atoms with van der Waals surface area (Å²) in [5.74, 6) is 0.150. The fourth-order valence-corrected chi connectivity index (χ4v) is 3.14. The molecular formula is C12H19FN2O2S2. The average Bonchev–Trinajstić information content (AvgIpc) is 2.35. The minimum atomic E-state index is -3.76. The zero-order valence-corrected chi connectivity index (χ0v) is 12.7. The summed E-state index contributed by atoms with van der Waals surface area (Å²) in [6.45, 7) is 0.819. The van der Waals surface area contributed by atoms with E-state index < -0.39 is 15.8 Å². The van der Waals surface area contributed by atoms with Crippen molar-refractivity contribution in [2.45, 2.75) is 17.9 Å². The van der Waals surface area contributed by atoms with E-state index in [0.717, 1.165) is 12.2 Å². The predicted molar refractivity (Wildman–Crippen MR) is 77.4 cm³/mol. The van der Waals surface area contributed by atoms with Gasteiger partial charge in [0.2, 0.25) is 10.0 Å². The Morgan fingerprint density at radius 3 is 2.68 bits per heavy atom. The normalized spacial score (nSPS) is 11.7. The van der Waals surface area contributed by atoms with E-state index in [1.165, 1.54) is 12.1 Å². The van der Waals surface area contributed by atoms with Gasteiger partial charge in [-0.05, 0) is 43.2 Å². The SMILES string of the molecule is CNCc1ccc(S(=O)(=O)NCCCSC)c(F)c1. The van der Waals surface area contributed by atoms with Crippen LogP contribution in [-0.2, 0) is 16.6 Å². The second-order valence-corrected chi connectivity index (χ2v) is 6.76. The second kappa shape index (κ2) is 7.84. The van der Waals surface area contributed by atoms with Crippen molar-refractivity contribution >= 4 is 21.8 Å². The van der Waals surface area contributed by atoms with E-state index in [1.807, 2.05) is 6.26 Å². The highest BCUT2D eigenvalue weighted by molar-refractivity contribution is 7.98. The van der Waals surface area contributed by atoms with Gasteiger partial charge >= 0.3 is 0 Å². The summed E-state index contributed by atoms with van der Waals surface area (Å²) in [6.07, 6.45) is 2.68. The molecule has 0 aliphatic rings. The van der Waals surface area contributed by atoms with Gasteiger partial charge in [0.1, 0.15) is 10.7 Å². The maximum Gasteiger partial charge on any atom is 0.243 e. The molecule has 0 spiro atoms. The van der Waals surface area contributed by atoms with E-state index in [-0.39, 0.29) is 4.90 Å². The van der Waals surface area contributed by atoms with Crippen molar-refractivity contribution in [1.82, 2.24) is 10.0 Å². The van der Waals surface area contributed by atoms with Gasteiger partial charge in [-0.1, -0.05) is 6.07 Å². The van der Waals surface area contributed by atoms with Crippen molar-refractivity contribution < 1.29 is 12.8 Å². The molecular weight excluding hydrogens is 287 g/mol. The van der Waals surface area contributed by atoms with Crippen molar-refractivity contribution in [1.29, 1.82) is 0 Å². The number of rotatable bonds is 8. The van der Waals surface area contributed by atoms with Gasteiger partial charge in [-0.3, -0.25) is 0 Å². The van der Waals surface area contributed by atoms with Crippen molar-refractivity contribution in [3.8, 4) is 0 Å². The van der Waals surface area contributed by atoms with Crippen LogP contribution >= 0.6 is 11.8 Å². The summed E-state index contributed by atoms with van der Waals surface area (Å²) < 4.78 is 40.0. The Balaban J connectivity index is 2.77. The van der Waals surface area contributed by atoms with E-state index in [1.54, 1.807) is 24.9 Å². The Bertz CT molecular complexity index is 506. The molecule has 7 heteroatoms. The van der Waals surface area contributed by atoms with Gasteiger partial charge in [0.15, 0.2) is 0 Å². The maximum atomic E-state index is 13.8. The molecule has 0 atom stereocenters. The predicted octanol–water partition coefficient (Wildman–Crippen LogP) is 1.58. The zero-order valence-electron chi connectivity index (χ0n) is 11.1. The van der Waals surface area contributed by atoms with Crippen LogP contribution in [0.2, 0.25) is 0 Å². The molecule has 108 valence electrons. The summed E-state index contributed by atoms with van der Waals surface area (Å²) in [4.78, 5) is -0.295. The lowest BCUT2D eigenvalue weighted by Gasteiger charge is -2.08. The van der Waals surface area contributed by atoms with E-state index >= 15 is 0 Å². The van der Waals surface area contributed by atoms with E-state index in [2.05, 4.69) is 10.0 Å². The van der Waals surface area contributed by atoms with Crippen molar-refractivity contribution in [3.63, 3.8) is 0 Å². The molecule has 1 aromatic carbocycles. The van der Waals surface area contributed by atoms with E-state index in [4.69, 9.17) is 0 Å². The first-order valence-corrected chi connectivity index (χ1v) is 8.80. The van der Waals surface area contributed by atoms with Crippen molar-refractivity contribution in [2.24, 2.45) is 0 Å². The first-order valence-electron chi connectivity index (χ1n) is 5.93. The molecule has 0 fully saturated rings. The highest BCUT2D eigenvalue weighted by atomic mass is 32.2. The van der Waals surface area contributed by atoms with Gasteiger partial charge in [-0.2, -0.15) is 11.8 Å². The standard InChI is InChI=1S/C12H19FN2O2S2/c1-14-9-10-4-5-12(11(13)8-10)19(16,17)15-6-3-7-18-2/h4-5,8,14-15H,3,6-7,9H2,1-2H3. The molecule has 1 rings (SSSR count). The number of halogens is 1. The van der Waals surface area contributed by atoms with Gasteiger partial charge < -0.3 is 5.32 Å². The van der Waals surface area contributed by atoms with Crippen LogP contribution in [0.3, 0.4) is 0 Å². The fourth-order valence-electron chi connectivity index (χ4n) is 1.58. The Labute approximate surface area is 118 Å². The third-order valence-electron chi connectivity index (χ3n) is 2.48. The topological polar surface area (TPSA) is 58.2 Å². The molecule has 0 heterocycles. The smallest absolute Gasteiger partial charge is 0.243 e. The molecule has 0 bridgehead atoms. The van der Waals surface area contributed by atoms with E-state index in [0.29, 0.717) is 18.7 Å².